The lowest BCUT2D eigenvalue weighted by Gasteiger charge is -2.25. The maximum Gasteiger partial charge on any atom is 0.329 e. The van der Waals surface area contributed by atoms with Crippen molar-refractivity contribution < 1.29 is 14.7 Å². The summed E-state index contributed by atoms with van der Waals surface area (Å²) < 4.78 is 0. The van der Waals surface area contributed by atoms with Crippen LogP contribution in [0.2, 0.25) is 0 Å². The number of carbonyl (C=O) groups excluding carboxylic acids is 1. The van der Waals surface area contributed by atoms with Crippen molar-refractivity contribution in [3.8, 4) is 0 Å². The summed E-state index contributed by atoms with van der Waals surface area (Å²) in [4.78, 5) is 26.5. The minimum absolute atomic E-state index is 0.370. The highest BCUT2D eigenvalue weighted by Gasteiger charge is 2.34. The van der Waals surface area contributed by atoms with Crippen LogP contribution >= 0.6 is 0 Å². The molecule has 0 radical (unpaired) electrons. The first-order valence-corrected chi connectivity index (χ1v) is 6.60. The standard InChI is InChI=1S/C15H18N2O3/c1-3-8-15(2,14(19)20)17-13(18)12-9-10-6-4-5-7-11(10)16-12/h4-7,9,16H,3,8H2,1-2H3,(H,17,18)(H,19,20). The molecule has 5 heteroatoms. The van der Waals surface area contributed by atoms with Gasteiger partial charge in [-0.25, -0.2) is 4.79 Å². The highest BCUT2D eigenvalue weighted by molar-refractivity contribution is 6.00. The number of hydrogen-bond donors (Lipinski definition) is 3. The zero-order valence-corrected chi connectivity index (χ0v) is 11.6. The van der Waals surface area contributed by atoms with Gasteiger partial charge in [0.05, 0.1) is 0 Å². The normalized spacial score (nSPS) is 13.9. The number of amides is 1. The number of carbonyl (C=O) groups is 2. The van der Waals surface area contributed by atoms with E-state index in [1.165, 1.54) is 6.92 Å². The molecule has 0 fully saturated rings. The van der Waals surface area contributed by atoms with Crippen LogP contribution in [0.15, 0.2) is 30.3 Å². The molecular formula is C15H18N2O3. The first-order valence-electron chi connectivity index (χ1n) is 6.60. The average molecular weight is 274 g/mol. The number of carboxylic acid groups (broad SMARTS) is 1. The first-order chi connectivity index (χ1) is 9.46. The molecule has 1 heterocycles. The SMILES string of the molecule is CCCC(C)(NC(=O)c1cc2ccccc2[nH]1)C(=O)O. The Morgan fingerprint density at radius 3 is 2.65 bits per heavy atom. The molecule has 0 bridgehead atoms. The van der Waals surface area contributed by atoms with Gasteiger partial charge in [0.25, 0.3) is 5.91 Å². The molecule has 0 aliphatic carbocycles. The molecule has 20 heavy (non-hydrogen) atoms. The van der Waals surface area contributed by atoms with E-state index in [0.29, 0.717) is 18.5 Å². The van der Waals surface area contributed by atoms with Crippen molar-refractivity contribution in [3.63, 3.8) is 0 Å². The molecule has 0 saturated heterocycles. The molecular weight excluding hydrogens is 256 g/mol. The lowest BCUT2D eigenvalue weighted by atomic mass is 9.96. The molecule has 5 nitrogen and oxygen atoms in total. The van der Waals surface area contributed by atoms with E-state index in [0.717, 1.165) is 10.9 Å². The number of aromatic nitrogens is 1. The Labute approximate surface area is 117 Å². The van der Waals surface area contributed by atoms with Gasteiger partial charge in [-0.05, 0) is 25.5 Å². The van der Waals surface area contributed by atoms with Crippen molar-refractivity contribution in [1.29, 1.82) is 0 Å². The predicted octanol–water partition coefficient (Wildman–Crippen LogP) is 2.54. The van der Waals surface area contributed by atoms with Gasteiger partial charge in [-0.1, -0.05) is 31.5 Å². The van der Waals surface area contributed by atoms with Crippen LogP contribution in [-0.4, -0.2) is 27.5 Å². The van der Waals surface area contributed by atoms with Crippen molar-refractivity contribution in [3.05, 3.63) is 36.0 Å². The van der Waals surface area contributed by atoms with E-state index in [9.17, 15) is 14.7 Å². The summed E-state index contributed by atoms with van der Waals surface area (Å²) in [6.07, 6.45) is 1.06. The lowest BCUT2D eigenvalue weighted by molar-refractivity contribution is -0.144. The van der Waals surface area contributed by atoms with Gasteiger partial charge in [-0.2, -0.15) is 0 Å². The van der Waals surface area contributed by atoms with Gasteiger partial charge >= 0.3 is 5.97 Å². The quantitative estimate of drug-likeness (QED) is 0.783. The number of benzene rings is 1. The van der Waals surface area contributed by atoms with Crippen molar-refractivity contribution in [2.75, 3.05) is 0 Å². The molecule has 1 aromatic heterocycles. The third kappa shape index (κ3) is 2.66. The largest absolute Gasteiger partial charge is 0.480 e. The Morgan fingerprint density at radius 1 is 1.35 bits per heavy atom. The van der Waals surface area contributed by atoms with E-state index in [2.05, 4.69) is 10.3 Å². The number of aliphatic carboxylic acids is 1. The molecule has 1 unspecified atom stereocenters. The molecule has 1 atom stereocenters. The molecule has 0 saturated carbocycles. The zero-order valence-electron chi connectivity index (χ0n) is 11.6. The van der Waals surface area contributed by atoms with E-state index >= 15 is 0 Å². The van der Waals surface area contributed by atoms with Crippen molar-refractivity contribution in [1.82, 2.24) is 10.3 Å². The third-order valence-corrected chi connectivity index (χ3v) is 3.39. The number of aromatic amines is 1. The molecule has 1 aromatic carbocycles. The van der Waals surface area contributed by atoms with E-state index in [1.807, 2.05) is 31.2 Å². The van der Waals surface area contributed by atoms with Crippen LogP contribution in [0.3, 0.4) is 0 Å². The number of para-hydroxylation sites is 1. The summed E-state index contributed by atoms with van der Waals surface area (Å²) >= 11 is 0. The Balaban J connectivity index is 2.24. The smallest absolute Gasteiger partial charge is 0.329 e. The summed E-state index contributed by atoms with van der Waals surface area (Å²) in [5, 5.41) is 12.8. The van der Waals surface area contributed by atoms with Crippen molar-refractivity contribution >= 4 is 22.8 Å². The van der Waals surface area contributed by atoms with Gasteiger partial charge in [-0.3, -0.25) is 4.79 Å². The minimum Gasteiger partial charge on any atom is -0.480 e. The van der Waals surface area contributed by atoms with Crippen molar-refractivity contribution in [2.45, 2.75) is 32.2 Å². The van der Waals surface area contributed by atoms with Crippen LogP contribution in [0.1, 0.15) is 37.2 Å². The maximum absolute atomic E-state index is 12.2. The summed E-state index contributed by atoms with van der Waals surface area (Å²) in [5.41, 5.74) is -0.0247. The fourth-order valence-corrected chi connectivity index (χ4v) is 2.24. The molecule has 2 aromatic rings. The van der Waals surface area contributed by atoms with Crippen LogP contribution in [-0.2, 0) is 4.79 Å². The van der Waals surface area contributed by atoms with Gasteiger partial charge in [0, 0.05) is 10.9 Å². The summed E-state index contributed by atoms with van der Waals surface area (Å²) in [5.74, 6) is -1.43. The topological polar surface area (TPSA) is 82.2 Å². The Morgan fingerprint density at radius 2 is 2.05 bits per heavy atom. The van der Waals surface area contributed by atoms with Gasteiger partial charge in [0.15, 0.2) is 0 Å². The van der Waals surface area contributed by atoms with Gasteiger partial charge in [0.1, 0.15) is 11.2 Å². The van der Waals surface area contributed by atoms with E-state index in [1.54, 1.807) is 6.07 Å². The number of fused-ring (bicyclic) bond motifs is 1. The van der Waals surface area contributed by atoms with E-state index < -0.39 is 17.4 Å². The van der Waals surface area contributed by atoms with Gasteiger partial charge in [-0.15, -0.1) is 0 Å². The number of rotatable bonds is 5. The third-order valence-electron chi connectivity index (χ3n) is 3.39. The molecule has 0 spiro atoms. The Kier molecular flexibility index (Phi) is 3.79. The molecule has 1 amide bonds. The second-order valence-electron chi connectivity index (χ2n) is 5.11. The summed E-state index contributed by atoms with van der Waals surface area (Å²) in [6, 6.07) is 9.24. The minimum atomic E-state index is -1.25. The van der Waals surface area contributed by atoms with Crippen LogP contribution in [0.4, 0.5) is 0 Å². The van der Waals surface area contributed by atoms with Crippen LogP contribution < -0.4 is 5.32 Å². The number of H-pyrrole nitrogens is 1. The Hall–Kier alpha value is -2.30. The van der Waals surface area contributed by atoms with Crippen LogP contribution in [0.5, 0.6) is 0 Å². The highest BCUT2D eigenvalue weighted by Crippen LogP contribution is 2.17. The maximum atomic E-state index is 12.2. The lowest BCUT2D eigenvalue weighted by Crippen LogP contribution is -2.52. The first kappa shape index (κ1) is 14.1. The number of carboxylic acids is 1. The van der Waals surface area contributed by atoms with Gasteiger partial charge in [0.2, 0.25) is 0 Å². The van der Waals surface area contributed by atoms with E-state index in [4.69, 9.17) is 0 Å². The van der Waals surface area contributed by atoms with Crippen LogP contribution in [0, 0.1) is 0 Å². The average Bonchev–Trinajstić information content (AvgIpc) is 2.82. The highest BCUT2D eigenvalue weighted by atomic mass is 16.4. The van der Waals surface area contributed by atoms with Crippen LogP contribution in [0.25, 0.3) is 10.9 Å². The molecule has 3 N–H and O–H groups in total. The fraction of sp³-hybridized carbons (Fsp3) is 0.333. The Bertz CT molecular complexity index is 614. The zero-order chi connectivity index (χ0) is 14.8. The monoisotopic (exact) mass is 274 g/mol. The summed E-state index contributed by atoms with van der Waals surface area (Å²) in [6.45, 7) is 3.41. The summed E-state index contributed by atoms with van der Waals surface area (Å²) in [7, 11) is 0. The second kappa shape index (κ2) is 5.36. The second-order valence-corrected chi connectivity index (χ2v) is 5.11. The molecule has 106 valence electrons. The molecule has 0 aliphatic rings. The predicted molar refractivity (Wildman–Crippen MR) is 76.7 cm³/mol. The van der Waals surface area contributed by atoms with E-state index in [-0.39, 0.29) is 0 Å². The fourth-order valence-electron chi connectivity index (χ4n) is 2.24. The van der Waals surface area contributed by atoms with Crippen molar-refractivity contribution in [2.24, 2.45) is 0 Å². The van der Waals surface area contributed by atoms with Gasteiger partial charge < -0.3 is 15.4 Å². The molecule has 2 rings (SSSR count). The number of nitrogens with one attached hydrogen (secondary N) is 2. The molecule has 0 aliphatic heterocycles. The number of hydrogen-bond acceptors (Lipinski definition) is 2.